The Bertz CT molecular complexity index is 1020. The quantitative estimate of drug-likeness (QED) is 0.630. The molecule has 3 aromatic carbocycles. The first-order valence-corrected chi connectivity index (χ1v) is 10.2. The second kappa shape index (κ2) is 7.40. The van der Waals surface area contributed by atoms with Gasteiger partial charge in [-0.3, -0.25) is 4.72 Å². The van der Waals surface area contributed by atoms with Crippen LogP contribution in [0.25, 0.3) is 11.1 Å². The van der Waals surface area contributed by atoms with Crippen LogP contribution in [0, 0.1) is 6.92 Å². The first-order valence-electron chi connectivity index (χ1n) is 7.93. The number of rotatable bonds is 5. The smallest absolute Gasteiger partial charge is 0.229 e. The van der Waals surface area contributed by atoms with Gasteiger partial charge in [0.05, 0.1) is 17.0 Å². The van der Waals surface area contributed by atoms with Crippen molar-refractivity contribution < 1.29 is 13.2 Å². The number of sulfonamides is 1. The molecule has 0 aromatic heterocycles. The summed E-state index contributed by atoms with van der Waals surface area (Å²) in [5, 5.41) is 0.471. The van der Waals surface area contributed by atoms with Crippen molar-refractivity contribution in [3.8, 4) is 22.6 Å². The maximum absolute atomic E-state index is 11.4. The molecule has 3 aromatic rings. The zero-order valence-electron chi connectivity index (χ0n) is 14.4. The number of nitrogens with one attached hydrogen (secondary N) is 1. The first kappa shape index (κ1) is 18.3. The molecule has 0 heterocycles. The van der Waals surface area contributed by atoms with Gasteiger partial charge in [-0.2, -0.15) is 0 Å². The largest absolute Gasteiger partial charge is 0.457 e. The Morgan fingerprint density at radius 1 is 0.923 bits per heavy atom. The van der Waals surface area contributed by atoms with Crippen LogP contribution in [0.2, 0.25) is 5.02 Å². The summed E-state index contributed by atoms with van der Waals surface area (Å²) >= 11 is 6.37. The van der Waals surface area contributed by atoms with Gasteiger partial charge in [0.2, 0.25) is 10.0 Å². The number of halogens is 1. The lowest BCUT2D eigenvalue weighted by molar-refractivity contribution is 0.483. The SMILES string of the molecule is Cc1cc(-c2ccc(Oc3ccccc3)cc2)c(Cl)cc1NS(C)(=O)=O. The minimum Gasteiger partial charge on any atom is -0.457 e. The number of anilines is 1. The summed E-state index contributed by atoms with van der Waals surface area (Å²) in [6, 6.07) is 20.6. The molecule has 0 aliphatic rings. The van der Waals surface area contributed by atoms with E-state index in [1.165, 1.54) is 0 Å². The van der Waals surface area contributed by atoms with Crippen LogP contribution < -0.4 is 9.46 Å². The molecule has 0 aliphatic heterocycles. The maximum atomic E-state index is 11.4. The van der Waals surface area contributed by atoms with Gasteiger partial charge in [-0.05, 0) is 54.4 Å². The zero-order chi connectivity index (χ0) is 18.7. The van der Waals surface area contributed by atoms with Gasteiger partial charge in [-0.1, -0.05) is 41.9 Å². The van der Waals surface area contributed by atoms with Crippen molar-refractivity contribution in [1.29, 1.82) is 0 Å². The van der Waals surface area contributed by atoms with Crippen LogP contribution in [0.3, 0.4) is 0 Å². The Morgan fingerprint density at radius 3 is 2.15 bits per heavy atom. The van der Waals surface area contributed by atoms with Crippen molar-refractivity contribution in [3.63, 3.8) is 0 Å². The molecule has 0 amide bonds. The van der Waals surface area contributed by atoms with E-state index in [1.807, 2.05) is 67.6 Å². The highest BCUT2D eigenvalue weighted by atomic mass is 35.5. The number of hydrogen-bond donors (Lipinski definition) is 1. The average Bonchev–Trinajstić information content (AvgIpc) is 2.58. The minimum atomic E-state index is -3.35. The van der Waals surface area contributed by atoms with Crippen molar-refractivity contribution >= 4 is 27.3 Å². The first-order chi connectivity index (χ1) is 12.3. The van der Waals surface area contributed by atoms with Gasteiger partial charge in [0.25, 0.3) is 0 Å². The predicted octanol–water partition coefficient (Wildman–Crippen LogP) is 5.48. The number of hydrogen-bond acceptors (Lipinski definition) is 3. The normalized spacial score (nSPS) is 11.2. The van der Waals surface area contributed by atoms with Crippen molar-refractivity contribution in [2.75, 3.05) is 11.0 Å². The third kappa shape index (κ3) is 4.56. The third-order valence-electron chi connectivity index (χ3n) is 3.75. The predicted molar refractivity (Wildman–Crippen MR) is 107 cm³/mol. The Morgan fingerprint density at radius 2 is 1.54 bits per heavy atom. The van der Waals surface area contributed by atoms with Crippen molar-refractivity contribution in [3.05, 3.63) is 77.3 Å². The molecule has 1 N–H and O–H groups in total. The van der Waals surface area contributed by atoms with Crippen LogP contribution in [0.1, 0.15) is 5.56 Å². The Hall–Kier alpha value is -2.50. The molecular weight excluding hydrogens is 370 g/mol. The number of benzene rings is 3. The van der Waals surface area contributed by atoms with Crippen LogP contribution in [-0.2, 0) is 10.0 Å². The summed E-state index contributed by atoms with van der Waals surface area (Å²) in [5.74, 6) is 1.49. The number of ether oxygens (including phenoxy) is 1. The fourth-order valence-electron chi connectivity index (χ4n) is 2.54. The molecule has 6 heteroatoms. The van der Waals surface area contributed by atoms with E-state index in [1.54, 1.807) is 6.07 Å². The molecule has 26 heavy (non-hydrogen) atoms. The van der Waals surface area contributed by atoms with E-state index in [0.29, 0.717) is 10.7 Å². The molecule has 0 saturated heterocycles. The highest BCUT2D eigenvalue weighted by Crippen LogP contribution is 2.34. The van der Waals surface area contributed by atoms with Gasteiger partial charge in [0.15, 0.2) is 0 Å². The summed E-state index contributed by atoms with van der Waals surface area (Å²) in [4.78, 5) is 0. The molecule has 0 bridgehead atoms. The second-order valence-electron chi connectivity index (χ2n) is 5.96. The third-order valence-corrected chi connectivity index (χ3v) is 4.66. The van der Waals surface area contributed by atoms with Crippen LogP contribution >= 0.6 is 11.6 Å². The lowest BCUT2D eigenvalue weighted by Gasteiger charge is -2.13. The van der Waals surface area contributed by atoms with Gasteiger partial charge >= 0.3 is 0 Å². The Kier molecular flexibility index (Phi) is 5.20. The second-order valence-corrected chi connectivity index (χ2v) is 8.12. The van der Waals surface area contributed by atoms with E-state index in [2.05, 4.69) is 4.72 Å². The highest BCUT2D eigenvalue weighted by Gasteiger charge is 2.11. The molecule has 0 radical (unpaired) electrons. The summed E-state index contributed by atoms with van der Waals surface area (Å²) < 4.78 is 31.1. The van der Waals surface area contributed by atoms with Crippen molar-refractivity contribution in [2.24, 2.45) is 0 Å². The minimum absolute atomic E-state index is 0.471. The summed E-state index contributed by atoms with van der Waals surface area (Å²) in [5.41, 5.74) is 3.02. The number of para-hydroxylation sites is 1. The summed E-state index contributed by atoms with van der Waals surface area (Å²) in [7, 11) is -3.35. The molecule has 0 spiro atoms. The van der Waals surface area contributed by atoms with Gasteiger partial charge in [-0.25, -0.2) is 8.42 Å². The van der Waals surface area contributed by atoms with Gasteiger partial charge < -0.3 is 4.74 Å². The van der Waals surface area contributed by atoms with Crippen LogP contribution in [0.5, 0.6) is 11.5 Å². The van der Waals surface area contributed by atoms with Gasteiger partial charge in [0, 0.05) is 5.56 Å². The molecule has 4 nitrogen and oxygen atoms in total. The monoisotopic (exact) mass is 387 g/mol. The molecule has 3 rings (SSSR count). The van der Waals surface area contributed by atoms with Crippen LogP contribution in [0.15, 0.2) is 66.7 Å². The standard InChI is InChI=1S/C20H18ClNO3S/c1-14-12-18(19(21)13-20(14)22-26(2,23)24)15-8-10-17(11-9-15)25-16-6-4-3-5-7-16/h3-13,22H,1-2H3. The van der Waals surface area contributed by atoms with E-state index < -0.39 is 10.0 Å². The molecule has 0 atom stereocenters. The lowest BCUT2D eigenvalue weighted by atomic mass is 10.0. The summed E-state index contributed by atoms with van der Waals surface area (Å²) in [6.45, 7) is 1.83. The fourth-order valence-corrected chi connectivity index (χ4v) is 3.43. The van der Waals surface area contributed by atoms with Gasteiger partial charge in [-0.15, -0.1) is 0 Å². The zero-order valence-corrected chi connectivity index (χ0v) is 15.9. The average molecular weight is 388 g/mol. The fraction of sp³-hybridized carbons (Fsp3) is 0.100. The van der Waals surface area contributed by atoms with Crippen LogP contribution in [0.4, 0.5) is 5.69 Å². The summed E-state index contributed by atoms with van der Waals surface area (Å²) in [6.07, 6.45) is 1.11. The molecule has 0 fully saturated rings. The van der Waals surface area contributed by atoms with Gasteiger partial charge in [0.1, 0.15) is 11.5 Å². The highest BCUT2D eigenvalue weighted by molar-refractivity contribution is 7.92. The van der Waals surface area contributed by atoms with E-state index in [4.69, 9.17) is 16.3 Å². The Labute approximate surface area is 158 Å². The van der Waals surface area contributed by atoms with E-state index in [-0.39, 0.29) is 0 Å². The molecular formula is C20H18ClNO3S. The Balaban J connectivity index is 1.86. The maximum Gasteiger partial charge on any atom is 0.229 e. The van der Waals surface area contributed by atoms with E-state index in [9.17, 15) is 8.42 Å². The van der Waals surface area contributed by atoms with E-state index >= 15 is 0 Å². The number of aryl methyl sites for hydroxylation is 1. The lowest BCUT2D eigenvalue weighted by Crippen LogP contribution is -2.10. The van der Waals surface area contributed by atoms with Crippen LogP contribution in [-0.4, -0.2) is 14.7 Å². The van der Waals surface area contributed by atoms with E-state index in [0.717, 1.165) is 34.4 Å². The molecule has 0 aliphatic carbocycles. The molecule has 0 unspecified atom stereocenters. The van der Waals surface area contributed by atoms with Crippen molar-refractivity contribution in [2.45, 2.75) is 6.92 Å². The van der Waals surface area contributed by atoms with Crippen molar-refractivity contribution in [1.82, 2.24) is 0 Å². The molecule has 0 saturated carbocycles. The molecule has 134 valence electrons. The topological polar surface area (TPSA) is 55.4 Å².